The molecule has 12 nitrogen and oxygen atoms in total. The second-order valence-electron chi connectivity index (χ2n) is 11.9. The molecule has 0 aromatic carbocycles. The highest BCUT2D eigenvalue weighted by Gasteiger charge is 2.52. The minimum absolute atomic E-state index is 0.0256. The molecule has 0 amide bonds. The van der Waals surface area contributed by atoms with Crippen molar-refractivity contribution in [2.75, 3.05) is 13.2 Å². The van der Waals surface area contributed by atoms with E-state index in [0.717, 1.165) is 25.7 Å². The van der Waals surface area contributed by atoms with E-state index >= 15 is 0 Å². The quantitative estimate of drug-likeness (QED) is 0.311. The summed E-state index contributed by atoms with van der Waals surface area (Å²) >= 11 is 0. The van der Waals surface area contributed by atoms with Gasteiger partial charge in [-0.05, 0) is 56.8 Å². The highest BCUT2D eigenvalue weighted by Crippen LogP contribution is 2.53. The van der Waals surface area contributed by atoms with Crippen LogP contribution >= 0.6 is 0 Å². The van der Waals surface area contributed by atoms with Gasteiger partial charge in [0.05, 0.1) is 24.9 Å². The van der Waals surface area contributed by atoms with Crippen LogP contribution in [0.4, 0.5) is 0 Å². The molecule has 3 aliphatic heterocycles. The van der Waals surface area contributed by atoms with E-state index in [-0.39, 0.29) is 17.9 Å². The van der Waals surface area contributed by atoms with Crippen LogP contribution in [0.25, 0.3) is 0 Å². The van der Waals surface area contributed by atoms with Gasteiger partial charge >= 0.3 is 5.97 Å². The number of aliphatic hydroxyl groups is 4. The highest BCUT2D eigenvalue weighted by molar-refractivity contribution is 5.72. The lowest BCUT2D eigenvalue weighted by atomic mass is 9.85. The SMILES string of the molecule is CC1CCCC(OC2OCC(O)C3OC(C(=O)O)CC4(CCOC23)CC4)C1OC1OC(C)C(O)C(O)C1O. The van der Waals surface area contributed by atoms with E-state index in [4.69, 9.17) is 28.4 Å². The topological polar surface area (TPSA) is 174 Å². The van der Waals surface area contributed by atoms with Crippen molar-refractivity contribution < 1.29 is 58.7 Å². The van der Waals surface area contributed by atoms with Crippen molar-refractivity contribution in [1.82, 2.24) is 0 Å². The van der Waals surface area contributed by atoms with E-state index in [9.17, 15) is 30.3 Å². The molecule has 13 atom stereocenters. The van der Waals surface area contributed by atoms with Gasteiger partial charge in [-0.3, -0.25) is 0 Å². The van der Waals surface area contributed by atoms with Crippen molar-refractivity contribution in [3.8, 4) is 0 Å². The zero-order valence-electron chi connectivity index (χ0n) is 22.0. The Morgan fingerprint density at radius 2 is 1.63 bits per heavy atom. The molecule has 2 aliphatic carbocycles. The van der Waals surface area contributed by atoms with Crippen LogP contribution in [0.1, 0.15) is 58.8 Å². The number of aliphatic hydroxyl groups excluding tert-OH is 4. The maximum atomic E-state index is 12.0. The molecule has 12 heteroatoms. The molecule has 5 N–H and O–H groups in total. The Balaban J connectivity index is 1.31. The third kappa shape index (κ3) is 5.90. The van der Waals surface area contributed by atoms with E-state index in [1.807, 2.05) is 6.92 Å². The summed E-state index contributed by atoms with van der Waals surface area (Å²) < 4.78 is 36.3. The van der Waals surface area contributed by atoms with E-state index in [1.165, 1.54) is 0 Å². The molecule has 13 unspecified atom stereocenters. The van der Waals surface area contributed by atoms with Gasteiger partial charge in [0.1, 0.15) is 36.6 Å². The molecule has 0 radical (unpaired) electrons. The van der Waals surface area contributed by atoms with Crippen molar-refractivity contribution in [1.29, 1.82) is 0 Å². The largest absolute Gasteiger partial charge is 0.479 e. The Morgan fingerprint density at radius 3 is 2.34 bits per heavy atom. The molecule has 1 spiro atoms. The number of carboxylic acid groups (broad SMARTS) is 1. The van der Waals surface area contributed by atoms with Crippen LogP contribution in [-0.4, -0.2) is 118 Å². The number of aliphatic carboxylic acids is 1. The average molecular weight is 547 g/mol. The van der Waals surface area contributed by atoms with Crippen molar-refractivity contribution in [3.05, 3.63) is 0 Å². The summed E-state index contributed by atoms with van der Waals surface area (Å²) in [4.78, 5) is 12.0. The molecule has 5 rings (SSSR count). The molecule has 0 aromatic heterocycles. The van der Waals surface area contributed by atoms with Crippen LogP contribution in [0.2, 0.25) is 0 Å². The van der Waals surface area contributed by atoms with Gasteiger partial charge in [-0.15, -0.1) is 0 Å². The molecule has 3 saturated heterocycles. The Hall–Kier alpha value is -0.930. The normalized spacial score (nSPS) is 49.4. The van der Waals surface area contributed by atoms with Crippen LogP contribution in [0.3, 0.4) is 0 Å². The van der Waals surface area contributed by atoms with Crippen LogP contribution in [0.15, 0.2) is 0 Å². The van der Waals surface area contributed by atoms with Gasteiger partial charge in [-0.25, -0.2) is 4.79 Å². The lowest BCUT2D eigenvalue weighted by Crippen LogP contribution is -2.60. The van der Waals surface area contributed by atoms with Gasteiger partial charge in [-0.1, -0.05) is 13.3 Å². The minimum Gasteiger partial charge on any atom is -0.479 e. The number of rotatable bonds is 5. The number of hydrogen-bond donors (Lipinski definition) is 5. The first kappa shape index (κ1) is 28.6. The minimum atomic E-state index is -1.43. The van der Waals surface area contributed by atoms with E-state index < -0.39 is 79.6 Å². The van der Waals surface area contributed by atoms with E-state index in [1.54, 1.807) is 6.92 Å². The Labute approximate surface area is 222 Å². The Morgan fingerprint density at radius 1 is 0.868 bits per heavy atom. The molecule has 5 fully saturated rings. The second-order valence-corrected chi connectivity index (χ2v) is 11.9. The summed E-state index contributed by atoms with van der Waals surface area (Å²) in [6.07, 6.45) is -6.56. The van der Waals surface area contributed by atoms with E-state index in [2.05, 4.69) is 0 Å². The zero-order chi connectivity index (χ0) is 27.2. The predicted molar refractivity (Wildman–Crippen MR) is 128 cm³/mol. The molecule has 5 aliphatic rings. The molecule has 2 saturated carbocycles. The molecule has 38 heavy (non-hydrogen) atoms. The van der Waals surface area contributed by atoms with Crippen molar-refractivity contribution in [2.24, 2.45) is 11.3 Å². The lowest BCUT2D eigenvalue weighted by molar-refractivity contribution is -0.340. The first-order valence-electron chi connectivity index (χ1n) is 13.9. The third-order valence-electron chi connectivity index (χ3n) is 9.00. The molecule has 0 bridgehead atoms. The van der Waals surface area contributed by atoms with Gasteiger partial charge in [-0.2, -0.15) is 0 Å². The van der Waals surface area contributed by atoms with Gasteiger partial charge < -0.3 is 54.0 Å². The smallest absolute Gasteiger partial charge is 0.332 e. The van der Waals surface area contributed by atoms with Crippen LogP contribution < -0.4 is 0 Å². The average Bonchev–Trinajstić information content (AvgIpc) is 3.62. The maximum absolute atomic E-state index is 12.0. The van der Waals surface area contributed by atoms with E-state index in [0.29, 0.717) is 25.9 Å². The van der Waals surface area contributed by atoms with Crippen LogP contribution in [-0.2, 0) is 33.2 Å². The molecular formula is C26H42O12. The fourth-order valence-corrected chi connectivity index (χ4v) is 6.29. The molecule has 0 aromatic rings. The first-order valence-corrected chi connectivity index (χ1v) is 13.9. The number of carboxylic acids is 1. The number of ether oxygens (including phenoxy) is 6. The summed E-state index contributed by atoms with van der Waals surface area (Å²) in [5.74, 6) is -1.03. The third-order valence-corrected chi connectivity index (χ3v) is 9.00. The fraction of sp³-hybridized carbons (Fsp3) is 0.962. The summed E-state index contributed by atoms with van der Waals surface area (Å²) in [7, 11) is 0. The summed E-state index contributed by atoms with van der Waals surface area (Å²) in [5, 5.41) is 51.3. The number of fused-ring (bicyclic) bond motifs is 1. The molecular weight excluding hydrogens is 504 g/mol. The van der Waals surface area contributed by atoms with Crippen molar-refractivity contribution in [3.63, 3.8) is 0 Å². The predicted octanol–water partition coefficient (Wildman–Crippen LogP) is -0.0809. The lowest BCUT2D eigenvalue weighted by Gasteiger charge is -2.46. The van der Waals surface area contributed by atoms with Gasteiger partial charge in [0.2, 0.25) is 0 Å². The monoisotopic (exact) mass is 546 g/mol. The van der Waals surface area contributed by atoms with Gasteiger partial charge in [0, 0.05) is 6.61 Å². The summed E-state index contributed by atoms with van der Waals surface area (Å²) in [5.41, 5.74) is -0.105. The fourth-order valence-electron chi connectivity index (χ4n) is 6.29. The van der Waals surface area contributed by atoms with Crippen molar-refractivity contribution >= 4 is 5.97 Å². The first-order chi connectivity index (χ1) is 18.1. The van der Waals surface area contributed by atoms with Crippen LogP contribution in [0.5, 0.6) is 0 Å². The molecule has 3 heterocycles. The number of carbonyl (C=O) groups is 1. The Bertz CT molecular complexity index is 822. The maximum Gasteiger partial charge on any atom is 0.332 e. The molecule has 218 valence electrons. The highest BCUT2D eigenvalue weighted by atomic mass is 16.7. The summed E-state index contributed by atoms with van der Waals surface area (Å²) in [6.45, 7) is 3.87. The summed E-state index contributed by atoms with van der Waals surface area (Å²) in [6, 6.07) is 0. The standard InChI is InChI=1S/C26H42O12/c1-12-4-3-5-15(20(12)38-24-19(30)18(29)17(28)13(2)35-24)37-25-22-21(14(27)11-34-25)36-16(23(31)32)10-26(6-7-26)8-9-33-22/h12-22,24-25,27-30H,3-11H2,1-2H3,(H,31,32). The van der Waals surface area contributed by atoms with Crippen molar-refractivity contribution in [2.45, 2.75) is 132 Å². The number of hydrogen-bond acceptors (Lipinski definition) is 11. The second kappa shape index (κ2) is 11.5. The Kier molecular flexibility index (Phi) is 8.66. The van der Waals surface area contributed by atoms with Gasteiger partial charge in [0.15, 0.2) is 18.7 Å². The van der Waals surface area contributed by atoms with Crippen LogP contribution in [0, 0.1) is 11.3 Å². The van der Waals surface area contributed by atoms with Gasteiger partial charge in [0.25, 0.3) is 0 Å². The zero-order valence-corrected chi connectivity index (χ0v) is 22.0.